The smallest absolute Gasteiger partial charge is 0.347 e. The second kappa shape index (κ2) is 9.60. The Morgan fingerprint density at radius 2 is 1.88 bits per heavy atom. The van der Waals surface area contributed by atoms with Gasteiger partial charge in [0.2, 0.25) is 11.8 Å². The zero-order chi connectivity index (χ0) is 19.4. The highest BCUT2D eigenvalue weighted by Crippen LogP contribution is 2.24. The van der Waals surface area contributed by atoms with Crippen LogP contribution in [0.2, 0.25) is 0 Å². The molecule has 2 N–H and O–H groups in total. The molecule has 0 aromatic carbocycles. The Hall–Kier alpha value is -1.27. The molecule has 0 aromatic rings. The topological polar surface area (TPSA) is 77.0 Å². The molecule has 0 aliphatic carbocycles. The lowest BCUT2D eigenvalue weighted by Gasteiger charge is -2.49. The number of hydrogen-bond acceptors (Lipinski definition) is 3. The van der Waals surface area contributed by atoms with E-state index in [-0.39, 0.29) is 49.0 Å². The van der Waals surface area contributed by atoms with Gasteiger partial charge in [0.1, 0.15) is 6.54 Å². The van der Waals surface area contributed by atoms with E-state index in [1.165, 1.54) is 7.05 Å². The van der Waals surface area contributed by atoms with Crippen molar-refractivity contribution in [2.24, 2.45) is 4.99 Å². The molecule has 0 saturated carbocycles. The minimum absolute atomic E-state index is 0. The van der Waals surface area contributed by atoms with Crippen molar-refractivity contribution in [3.8, 4) is 0 Å². The number of piperazine rings is 1. The van der Waals surface area contributed by atoms with Crippen LogP contribution in [0.5, 0.6) is 0 Å². The third-order valence-corrected chi connectivity index (χ3v) is 3.75. The van der Waals surface area contributed by atoms with Crippen molar-refractivity contribution in [3.63, 3.8) is 0 Å². The molecule has 0 unspecified atom stereocenters. The van der Waals surface area contributed by atoms with Crippen LogP contribution < -0.4 is 10.6 Å². The first-order chi connectivity index (χ1) is 11.4. The summed E-state index contributed by atoms with van der Waals surface area (Å²) in [6, 6.07) is 0.0489. The number of nitrogens with one attached hydrogen (secondary N) is 2. The van der Waals surface area contributed by atoms with Crippen LogP contribution in [0.4, 0.5) is 13.2 Å². The van der Waals surface area contributed by atoms with Gasteiger partial charge >= 0.3 is 6.18 Å². The van der Waals surface area contributed by atoms with Crippen molar-refractivity contribution >= 4 is 41.8 Å². The summed E-state index contributed by atoms with van der Waals surface area (Å²) in [5.41, 5.74) is -0.445. The van der Waals surface area contributed by atoms with E-state index in [1.54, 1.807) is 15.1 Å². The zero-order valence-corrected chi connectivity index (χ0v) is 17.9. The van der Waals surface area contributed by atoms with Gasteiger partial charge < -0.3 is 20.4 Å². The zero-order valence-electron chi connectivity index (χ0n) is 15.6. The summed E-state index contributed by atoms with van der Waals surface area (Å²) in [7, 11) is 1.49. The molecule has 1 saturated heterocycles. The number of alkyl halides is 3. The van der Waals surface area contributed by atoms with Crippen molar-refractivity contribution in [1.29, 1.82) is 0 Å². The van der Waals surface area contributed by atoms with Crippen LogP contribution in [0.3, 0.4) is 0 Å². The van der Waals surface area contributed by atoms with E-state index in [0.717, 1.165) is 0 Å². The normalized spacial score (nSPS) is 17.9. The number of hydrogen-bond donors (Lipinski definition) is 2. The van der Waals surface area contributed by atoms with E-state index in [9.17, 15) is 22.8 Å². The molecule has 26 heavy (non-hydrogen) atoms. The van der Waals surface area contributed by atoms with Gasteiger partial charge in [-0.2, -0.15) is 13.2 Å². The highest BCUT2D eigenvalue weighted by atomic mass is 127. The maximum absolute atomic E-state index is 12.4. The third kappa shape index (κ3) is 7.16. The van der Waals surface area contributed by atoms with Crippen LogP contribution in [-0.2, 0) is 9.59 Å². The number of amides is 2. The molecule has 2 amide bonds. The van der Waals surface area contributed by atoms with Crippen molar-refractivity contribution in [2.75, 3.05) is 33.2 Å². The van der Waals surface area contributed by atoms with Gasteiger partial charge in [-0.25, -0.2) is 0 Å². The van der Waals surface area contributed by atoms with E-state index < -0.39 is 24.2 Å². The standard InChI is InChI=1S/C15H26F3N5O2.HI/c1-10(2)23-12(25)7-22(9-14(23,3)4)13(19-5)20-6-11(24)21-8-15(16,17)18;/h10H,6-9H2,1-5H3,(H,19,20)(H,21,24);1H. The van der Waals surface area contributed by atoms with Crippen molar-refractivity contribution in [3.05, 3.63) is 0 Å². The van der Waals surface area contributed by atoms with Gasteiger partial charge in [0.15, 0.2) is 5.96 Å². The van der Waals surface area contributed by atoms with E-state index in [2.05, 4.69) is 10.3 Å². The molecular weight excluding hydrogens is 466 g/mol. The highest BCUT2D eigenvalue weighted by molar-refractivity contribution is 14.0. The van der Waals surface area contributed by atoms with Gasteiger partial charge in [-0.15, -0.1) is 24.0 Å². The lowest BCUT2D eigenvalue weighted by Crippen LogP contribution is -2.66. The number of carbonyl (C=O) groups excluding carboxylic acids is 2. The number of aliphatic imine (C=N–C) groups is 1. The molecule has 1 fully saturated rings. The summed E-state index contributed by atoms with van der Waals surface area (Å²) >= 11 is 0. The Kier molecular flexibility index (Phi) is 9.13. The molecular formula is C15H27F3IN5O2. The third-order valence-electron chi connectivity index (χ3n) is 3.75. The average Bonchev–Trinajstić information content (AvgIpc) is 2.42. The summed E-state index contributed by atoms with van der Waals surface area (Å²) in [5.74, 6) is -0.576. The van der Waals surface area contributed by atoms with Gasteiger partial charge in [-0.3, -0.25) is 14.6 Å². The number of nitrogens with zero attached hydrogens (tertiary/aromatic N) is 3. The monoisotopic (exact) mass is 493 g/mol. The van der Waals surface area contributed by atoms with Crippen molar-refractivity contribution in [2.45, 2.75) is 45.5 Å². The molecule has 1 rings (SSSR count). The fraction of sp³-hybridized carbons (Fsp3) is 0.800. The quantitative estimate of drug-likeness (QED) is 0.351. The van der Waals surface area contributed by atoms with E-state index in [4.69, 9.17) is 0 Å². The Morgan fingerprint density at radius 1 is 1.31 bits per heavy atom. The van der Waals surface area contributed by atoms with Crippen LogP contribution in [0.1, 0.15) is 27.7 Å². The molecule has 1 heterocycles. The molecule has 0 bridgehead atoms. The Balaban J connectivity index is 0.00000625. The fourth-order valence-electron chi connectivity index (χ4n) is 3.07. The summed E-state index contributed by atoms with van der Waals surface area (Å²) in [4.78, 5) is 31.4. The molecule has 152 valence electrons. The summed E-state index contributed by atoms with van der Waals surface area (Å²) in [6.45, 7) is 6.57. The van der Waals surface area contributed by atoms with Crippen LogP contribution in [0, 0.1) is 0 Å². The Morgan fingerprint density at radius 3 is 2.31 bits per heavy atom. The number of carbonyl (C=O) groups is 2. The summed E-state index contributed by atoms with van der Waals surface area (Å²) in [5, 5.41) is 4.48. The lowest BCUT2D eigenvalue weighted by molar-refractivity contribution is -0.145. The number of guanidine groups is 1. The molecule has 1 aliphatic rings. The van der Waals surface area contributed by atoms with E-state index >= 15 is 0 Å². The SMILES string of the molecule is CN=C(NCC(=O)NCC(F)(F)F)N1CC(=O)N(C(C)C)C(C)(C)C1.I. The van der Waals surface area contributed by atoms with Gasteiger partial charge in [0.25, 0.3) is 0 Å². The largest absolute Gasteiger partial charge is 0.405 e. The Bertz CT molecular complexity index is 538. The van der Waals surface area contributed by atoms with Crippen molar-refractivity contribution in [1.82, 2.24) is 20.4 Å². The van der Waals surface area contributed by atoms with Gasteiger partial charge in [0, 0.05) is 19.6 Å². The second-order valence-corrected chi connectivity index (χ2v) is 6.82. The molecule has 1 aliphatic heterocycles. The highest BCUT2D eigenvalue weighted by Gasteiger charge is 2.40. The van der Waals surface area contributed by atoms with E-state index in [1.807, 2.05) is 27.7 Å². The first-order valence-electron chi connectivity index (χ1n) is 7.98. The average molecular weight is 493 g/mol. The Labute approximate surface area is 168 Å². The number of rotatable bonds is 4. The molecule has 0 spiro atoms. The van der Waals surface area contributed by atoms with Crippen LogP contribution in [0.15, 0.2) is 4.99 Å². The lowest BCUT2D eigenvalue weighted by atomic mass is 9.96. The molecule has 11 heteroatoms. The predicted molar refractivity (Wildman–Crippen MR) is 103 cm³/mol. The van der Waals surface area contributed by atoms with Gasteiger partial charge in [-0.1, -0.05) is 0 Å². The maximum Gasteiger partial charge on any atom is 0.405 e. The van der Waals surface area contributed by atoms with Crippen LogP contribution >= 0.6 is 24.0 Å². The van der Waals surface area contributed by atoms with Crippen LogP contribution in [-0.4, -0.2) is 78.6 Å². The second-order valence-electron chi connectivity index (χ2n) is 6.82. The molecule has 0 radical (unpaired) electrons. The van der Waals surface area contributed by atoms with Gasteiger partial charge in [0.05, 0.1) is 18.6 Å². The first-order valence-corrected chi connectivity index (χ1v) is 7.98. The van der Waals surface area contributed by atoms with Crippen LogP contribution in [0.25, 0.3) is 0 Å². The fourth-order valence-corrected chi connectivity index (χ4v) is 3.07. The first kappa shape index (κ1) is 24.7. The predicted octanol–water partition coefficient (Wildman–Crippen LogP) is 1.19. The minimum Gasteiger partial charge on any atom is -0.347 e. The van der Waals surface area contributed by atoms with Crippen molar-refractivity contribution < 1.29 is 22.8 Å². The maximum atomic E-state index is 12.4. The summed E-state index contributed by atoms with van der Waals surface area (Å²) in [6.07, 6.45) is -4.46. The molecule has 7 nitrogen and oxygen atoms in total. The minimum atomic E-state index is -4.46. The summed E-state index contributed by atoms with van der Waals surface area (Å²) < 4.78 is 36.3. The van der Waals surface area contributed by atoms with E-state index in [0.29, 0.717) is 12.5 Å². The molecule has 0 aromatic heterocycles. The number of halogens is 4. The molecule has 0 atom stereocenters. The van der Waals surface area contributed by atoms with Gasteiger partial charge in [-0.05, 0) is 27.7 Å².